The standard InChI is InChI=1S/C21H18ClNO3/c1-4-5-13-9-17(24)20(21(13)25)19-15(22)8-14(10-18(19)26-3)16-7-6-12(2)11-23-16/h1,6-8,10-11,13,20H,5,9H2,2-3H3. The lowest BCUT2D eigenvalue weighted by Crippen LogP contribution is -2.16. The summed E-state index contributed by atoms with van der Waals surface area (Å²) in [6.45, 7) is 1.96. The van der Waals surface area contributed by atoms with Gasteiger partial charge in [-0.05, 0) is 30.7 Å². The van der Waals surface area contributed by atoms with Crippen molar-refractivity contribution in [1.29, 1.82) is 0 Å². The van der Waals surface area contributed by atoms with Gasteiger partial charge in [0.25, 0.3) is 0 Å². The summed E-state index contributed by atoms with van der Waals surface area (Å²) in [5.74, 6) is 1.15. The van der Waals surface area contributed by atoms with Crippen LogP contribution in [0.25, 0.3) is 11.3 Å². The summed E-state index contributed by atoms with van der Waals surface area (Å²) < 4.78 is 5.46. The van der Waals surface area contributed by atoms with Crippen LogP contribution in [0.5, 0.6) is 5.75 Å². The molecule has 26 heavy (non-hydrogen) atoms. The number of aryl methyl sites for hydroxylation is 1. The van der Waals surface area contributed by atoms with Gasteiger partial charge in [-0.15, -0.1) is 12.3 Å². The fraction of sp³-hybridized carbons (Fsp3) is 0.286. The SMILES string of the molecule is C#CCC1CC(=O)C(c2c(Cl)cc(-c3ccc(C)cn3)cc2OC)C1=O. The van der Waals surface area contributed by atoms with E-state index in [2.05, 4.69) is 10.9 Å². The Balaban J connectivity index is 2.06. The molecule has 1 aromatic carbocycles. The van der Waals surface area contributed by atoms with Gasteiger partial charge >= 0.3 is 0 Å². The molecule has 3 rings (SSSR count). The van der Waals surface area contributed by atoms with Gasteiger partial charge in [-0.3, -0.25) is 14.6 Å². The number of ether oxygens (including phenoxy) is 1. The third kappa shape index (κ3) is 3.23. The van der Waals surface area contributed by atoms with Crippen molar-refractivity contribution in [2.45, 2.75) is 25.7 Å². The van der Waals surface area contributed by atoms with E-state index in [1.54, 1.807) is 18.3 Å². The molecule has 4 nitrogen and oxygen atoms in total. The monoisotopic (exact) mass is 367 g/mol. The number of nitrogens with zero attached hydrogens (tertiary/aromatic N) is 1. The highest BCUT2D eigenvalue weighted by Crippen LogP contribution is 2.43. The summed E-state index contributed by atoms with van der Waals surface area (Å²) in [4.78, 5) is 29.5. The summed E-state index contributed by atoms with van der Waals surface area (Å²) in [6, 6.07) is 7.31. The molecule has 2 atom stereocenters. The molecule has 0 radical (unpaired) electrons. The fourth-order valence-electron chi connectivity index (χ4n) is 3.30. The van der Waals surface area contributed by atoms with E-state index in [0.29, 0.717) is 16.3 Å². The molecule has 1 aromatic heterocycles. The first-order chi connectivity index (χ1) is 12.5. The van der Waals surface area contributed by atoms with Crippen LogP contribution in [-0.4, -0.2) is 23.7 Å². The average molecular weight is 368 g/mol. The van der Waals surface area contributed by atoms with Crippen molar-refractivity contribution in [3.05, 3.63) is 46.6 Å². The zero-order chi connectivity index (χ0) is 18.8. The molecule has 0 spiro atoms. The number of ketones is 2. The minimum Gasteiger partial charge on any atom is -0.496 e. The lowest BCUT2D eigenvalue weighted by Gasteiger charge is -2.17. The van der Waals surface area contributed by atoms with Crippen LogP contribution in [0.4, 0.5) is 0 Å². The minimum absolute atomic E-state index is 0.147. The van der Waals surface area contributed by atoms with Gasteiger partial charge in [0, 0.05) is 41.1 Å². The molecular weight excluding hydrogens is 350 g/mol. The molecule has 5 heteroatoms. The van der Waals surface area contributed by atoms with Crippen LogP contribution in [0.3, 0.4) is 0 Å². The number of halogens is 1. The van der Waals surface area contributed by atoms with Gasteiger partial charge in [0.1, 0.15) is 17.5 Å². The lowest BCUT2D eigenvalue weighted by atomic mass is 9.91. The van der Waals surface area contributed by atoms with Gasteiger partial charge in [-0.1, -0.05) is 17.7 Å². The van der Waals surface area contributed by atoms with Crippen LogP contribution in [0.1, 0.15) is 29.9 Å². The van der Waals surface area contributed by atoms with Crippen molar-refractivity contribution in [1.82, 2.24) is 4.98 Å². The molecular formula is C21H18ClNO3. The van der Waals surface area contributed by atoms with E-state index < -0.39 is 11.8 Å². The highest BCUT2D eigenvalue weighted by molar-refractivity contribution is 6.33. The smallest absolute Gasteiger partial charge is 0.152 e. The number of pyridine rings is 1. The topological polar surface area (TPSA) is 56.3 Å². The van der Waals surface area contributed by atoms with Gasteiger partial charge in [-0.2, -0.15) is 0 Å². The zero-order valence-electron chi connectivity index (χ0n) is 14.6. The second-order valence-corrected chi connectivity index (χ2v) is 6.81. The van der Waals surface area contributed by atoms with Crippen molar-refractivity contribution in [3.63, 3.8) is 0 Å². The zero-order valence-corrected chi connectivity index (χ0v) is 15.3. The molecule has 0 saturated heterocycles. The molecule has 1 saturated carbocycles. The van der Waals surface area contributed by atoms with Gasteiger partial charge < -0.3 is 4.74 Å². The highest BCUT2D eigenvalue weighted by atomic mass is 35.5. The summed E-state index contributed by atoms with van der Waals surface area (Å²) in [6.07, 6.45) is 7.48. The number of methoxy groups -OCH3 is 1. The van der Waals surface area contributed by atoms with Crippen LogP contribution in [-0.2, 0) is 9.59 Å². The van der Waals surface area contributed by atoms with Crippen LogP contribution in [0.15, 0.2) is 30.5 Å². The fourth-order valence-corrected chi connectivity index (χ4v) is 3.62. The van der Waals surface area contributed by atoms with Crippen LogP contribution >= 0.6 is 11.6 Å². The molecule has 1 aliphatic rings. The maximum absolute atomic E-state index is 12.7. The number of aromatic nitrogens is 1. The minimum atomic E-state index is -0.921. The van der Waals surface area contributed by atoms with E-state index in [1.165, 1.54) is 7.11 Å². The number of rotatable bonds is 4. The van der Waals surface area contributed by atoms with E-state index in [9.17, 15) is 9.59 Å². The maximum atomic E-state index is 12.7. The molecule has 132 valence electrons. The molecule has 1 fully saturated rings. The number of benzene rings is 1. The first kappa shape index (κ1) is 18.2. The summed E-state index contributed by atoms with van der Waals surface area (Å²) in [7, 11) is 1.49. The van der Waals surface area contributed by atoms with Crippen molar-refractivity contribution >= 4 is 23.2 Å². The van der Waals surface area contributed by atoms with Crippen LogP contribution < -0.4 is 4.74 Å². The first-order valence-corrected chi connectivity index (χ1v) is 8.64. The Morgan fingerprint density at radius 3 is 2.73 bits per heavy atom. The number of Topliss-reactive ketones (excluding diaryl/α,β-unsaturated/α-hetero) is 2. The van der Waals surface area contributed by atoms with Gasteiger partial charge in [0.05, 0.1) is 12.8 Å². The Hall–Kier alpha value is -2.64. The van der Waals surface area contributed by atoms with E-state index in [4.69, 9.17) is 22.8 Å². The van der Waals surface area contributed by atoms with Crippen molar-refractivity contribution in [2.24, 2.45) is 5.92 Å². The van der Waals surface area contributed by atoms with Crippen molar-refractivity contribution in [2.75, 3.05) is 7.11 Å². The first-order valence-electron chi connectivity index (χ1n) is 8.26. The largest absolute Gasteiger partial charge is 0.496 e. The van der Waals surface area contributed by atoms with Gasteiger partial charge in [0.15, 0.2) is 5.78 Å². The average Bonchev–Trinajstić information content (AvgIpc) is 2.89. The number of carbonyl (C=O) groups is 2. The quantitative estimate of drug-likeness (QED) is 0.605. The Bertz CT molecular complexity index is 912. The molecule has 1 heterocycles. The normalized spacial score (nSPS) is 19.5. The van der Waals surface area contributed by atoms with Crippen molar-refractivity contribution < 1.29 is 14.3 Å². The molecule has 0 N–H and O–H groups in total. The molecule has 0 amide bonds. The van der Waals surface area contributed by atoms with Crippen molar-refractivity contribution in [3.8, 4) is 29.4 Å². The van der Waals surface area contributed by atoms with E-state index in [1.807, 2.05) is 19.1 Å². The second-order valence-electron chi connectivity index (χ2n) is 6.41. The van der Waals surface area contributed by atoms with E-state index in [0.717, 1.165) is 16.8 Å². The van der Waals surface area contributed by atoms with Gasteiger partial charge in [-0.25, -0.2) is 0 Å². The maximum Gasteiger partial charge on any atom is 0.152 e. The Morgan fingerprint density at radius 2 is 2.12 bits per heavy atom. The second kappa shape index (κ2) is 7.31. The number of hydrogen-bond acceptors (Lipinski definition) is 4. The summed E-state index contributed by atoms with van der Waals surface area (Å²) in [5, 5.41) is 0.315. The van der Waals surface area contributed by atoms with Crippen LogP contribution in [0, 0.1) is 25.2 Å². The van der Waals surface area contributed by atoms with Gasteiger partial charge in [0.2, 0.25) is 0 Å². The summed E-state index contributed by atoms with van der Waals surface area (Å²) >= 11 is 6.48. The van der Waals surface area contributed by atoms with E-state index in [-0.39, 0.29) is 24.4 Å². The number of hydrogen-bond donors (Lipinski definition) is 0. The lowest BCUT2D eigenvalue weighted by molar-refractivity contribution is -0.124. The Kier molecular flexibility index (Phi) is 5.11. The predicted molar refractivity (Wildman–Crippen MR) is 100 cm³/mol. The van der Waals surface area contributed by atoms with Crippen LogP contribution in [0.2, 0.25) is 5.02 Å². The summed E-state index contributed by atoms with van der Waals surface area (Å²) in [5.41, 5.74) is 2.95. The highest BCUT2D eigenvalue weighted by Gasteiger charge is 2.43. The predicted octanol–water partition coefficient (Wildman–Crippen LogP) is 3.98. The number of terminal acetylenes is 1. The third-order valence-electron chi connectivity index (χ3n) is 4.63. The Labute approximate surface area is 157 Å². The molecule has 1 aliphatic carbocycles. The van der Waals surface area contributed by atoms with E-state index >= 15 is 0 Å². The molecule has 0 aliphatic heterocycles. The third-order valence-corrected chi connectivity index (χ3v) is 4.94. The Morgan fingerprint density at radius 1 is 1.35 bits per heavy atom. The molecule has 0 bridgehead atoms. The molecule has 2 aromatic rings. The number of carbonyl (C=O) groups excluding carboxylic acids is 2. The molecule has 2 unspecified atom stereocenters.